The molecule has 1 aliphatic rings. The molecular formula is C10H16N2OS. The van der Waals surface area contributed by atoms with Crippen molar-refractivity contribution in [3.05, 3.63) is 17.1 Å². The van der Waals surface area contributed by atoms with Crippen LogP contribution in [-0.4, -0.2) is 34.0 Å². The highest BCUT2D eigenvalue weighted by molar-refractivity contribution is 7.05. The second-order valence-electron chi connectivity index (χ2n) is 4.19. The molecule has 1 aromatic heterocycles. The first-order valence-electron chi connectivity index (χ1n) is 4.95. The maximum Gasteiger partial charge on any atom is 0.103 e. The number of hydrogen-bond acceptors (Lipinski definition) is 4. The molecule has 1 fully saturated rings. The average Bonchev–Trinajstić information content (AvgIpc) is 2.65. The number of rotatable bonds is 1. The largest absolute Gasteiger partial charge is 0.384 e. The molecule has 2 atom stereocenters. The van der Waals surface area contributed by atoms with Crippen LogP contribution >= 0.6 is 11.5 Å². The van der Waals surface area contributed by atoms with Crippen molar-refractivity contribution >= 4 is 11.5 Å². The Hall–Kier alpha value is -0.450. The minimum atomic E-state index is -0.632. The van der Waals surface area contributed by atoms with E-state index in [0.29, 0.717) is 6.04 Å². The first kappa shape index (κ1) is 10.1. The highest BCUT2D eigenvalue weighted by Gasteiger charge is 2.37. The van der Waals surface area contributed by atoms with Gasteiger partial charge in [0.15, 0.2) is 0 Å². The van der Waals surface area contributed by atoms with Gasteiger partial charge in [-0.1, -0.05) is 0 Å². The van der Waals surface area contributed by atoms with Gasteiger partial charge in [0, 0.05) is 18.8 Å². The molecule has 0 amide bonds. The predicted octanol–water partition coefficient (Wildman–Crippen LogP) is 1.44. The van der Waals surface area contributed by atoms with E-state index in [1.165, 1.54) is 11.5 Å². The maximum absolute atomic E-state index is 10.5. The average molecular weight is 212 g/mol. The molecule has 1 aromatic rings. The fraction of sp³-hybridized carbons (Fsp3) is 0.700. The molecule has 2 rings (SSSR count). The van der Waals surface area contributed by atoms with Gasteiger partial charge >= 0.3 is 0 Å². The van der Waals surface area contributed by atoms with E-state index < -0.39 is 5.60 Å². The fourth-order valence-electron chi connectivity index (χ4n) is 2.01. The number of nitrogens with zero attached hydrogens (tertiary/aromatic N) is 2. The molecule has 0 aromatic carbocycles. The summed E-state index contributed by atoms with van der Waals surface area (Å²) >= 11 is 1.41. The second-order valence-corrected chi connectivity index (χ2v) is 5.03. The summed E-state index contributed by atoms with van der Waals surface area (Å²) in [6.45, 7) is 3.11. The number of likely N-dealkylation sites (tertiary alicyclic amines) is 1. The molecule has 0 radical (unpaired) electrons. The summed E-state index contributed by atoms with van der Waals surface area (Å²) in [4.78, 5) is 3.30. The topological polar surface area (TPSA) is 36.4 Å². The zero-order valence-electron chi connectivity index (χ0n) is 8.60. The Kier molecular flexibility index (Phi) is 2.60. The second kappa shape index (κ2) is 3.61. The van der Waals surface area contributed by atoms with E-state index in [9.17, 15) is 5.11 Å². The number of aromatic nitrogens is 1. The molecule has 0 saturated carbocycles. The van der Waals surface area contributed by atoms with E-state index in [1.807, 2.05) is 6.07 Å². The van der Waals surface area contributed by atoms with Crippen LogP contribution in [0.1, 0.15) is 24.6 Å². The summed E-state index contributed by atoms with van der Waals surface area (Å²) in [6.07, 6.45) is 3.39. The lowest BCUT2D eigenvalue weighted by Crippen LogP contribution is -2.45. The zero-order valence-corrected chi connectivity index (χ0v) is 9.42. The standard InChI is InChI=1S/C10H16N2OS/c1-8-7-10(13,4-6-12(8)2)9-3-5-11-14-9/h3,5,8,13H,4,6-7H2,1-2H3. The van der Waals surface area contributed by atoms with Gasteiger partial charge in [0.1, 0.15) is 5.60 Å². The summed E-state index contributed by atoms with van der Waals surface area (Å²) in [5.41, 5.74) is -0.632. The Morgan fingerprint density at radius 1 is 1.71 bits per heavy atom. The van der Waals surface area contributed by atoms with Crippen molar-refractivity contribution in [1.82, 2.24) is 9.27 Å². The molecule has 0 bridgehead atoms. The van der Waals surface area contributed by atoms with Crippen LogP contribution in [0.15, 0.2) is 12.3 Å². The molecule has 2 heterocycles. The van der Waals surface area contributed by atoms with E-state index in [4.69, 9.17) is 0 Å². The maximum atomic E-state index is 10.5. The summed E-state index contributed by atoms with van der Waals surface area (Å²) in [7, 11) is 2.11. The van der Waals surface area contributed by atoms with Gasteiger partial charge in [0.05, 0.1) is 4.88 Å². The molecule has 1 N–H and O–H groups in total. The van der Waals surface area contributed by atoms with E-state index in [-0.39, 0.29) is 0 Å². The van der Waals surface area contributed by atoms with E-state index in [0.717, 1.165) is 24.3 Å². The molecule has 1 aliphatic heterocycles. The highest BCUT2D eigenvalue weighted by Crippen LogP contribution is 2.36. The van der Waals surface area contributed by atoms with Crippen molar-refractivity contribution < 1.29 is 5.11 Å². The quantitative estimate of drug-likeness (QED) is 0.765. The highest BCUT2D eigenvalue weighted by atomic mass is 32.1. The molecule has 14 heavy (non-hydrogen) atoms. The zero-order chi connectivity index (χ0) is 10.2. The summed E-state index contributed by atoms with van der Waals surface area (Å²) in [5.74, 6) is 0. The normalized spacial score (nSPS) is 34.6. The first-order chi connectivity index (χ1) is 6.62. The van der Waals surface area contributed by atoms with Crippen LogP contribution in [0.2, 0.25) is 0 Å². The summed E-state index contributed by atoms with van der Waals surface area (Å²) in [6, 6.07) is 2.37. The van der Waals surface area contributed by atoms with Crippen molar-refractivity contribution in [2.24, 2.45) is 0 Å². The van der Waals surface area contributed by atoms with Crippen LogP contribution in [0.25, 0.3) is 0 Å². The van der Waals surface area contributed by atoms with Gasteiger partial charge in [-0.25, -0.2) is 4.37 Å². The Morgan fingerprint density at radius 3 is 3.07 bits per heavy atom. The summed E-state index contributed by atoms with van der Waals surface area (Å²) < 4.78 is 4.05. The molecule has 4 heteroatoms. The molecule has 1 saturated heterocycles. The first-order valence-corrected chi connectivity index (χ1v) is 5.73. The lowest BCUT2D eigenvalue weighted by Gasteiger charge is -2.40. The predicted molar refractivity (Wildman–Crippen MR) is 57.3 cm³/mol. The Labute approximate surface area is 88.5 Å². The van der Waals surface area contributed by atoms with Gasteiger partial charge in [-0.05, 0) is 44.4 Å². The third-order valence-electron chi connectivity index (χ3n) is 3.16. The molecule has 0 aliphatic carbocycles. The summed E-state index contributed by atoms with van der Waals surface area (Å²) in [5, 5.41) is 10.5. The van der Waals surface area contributed by atoms with Gasteiger partial charge in [0.2, 0.25) is 0 Å². The number of piperidine rings is 1. The van der Waals surface area contributed by atoms with Crippen LogP contribution in [0.3, 0.4) is 0 Å². The van der Waals surface area contributed by atoms with Crippen LogP contribution in [0.4, 0.5) is 0 Å². The Morgan fingerprint density at radius 2 is 2.50 bits per heavy atom. The lowest BCUT2D eigenvalue weighted by atomic mass is 9.86. The molecule has 78 valence electrons. The van der Waals surface area contributed by atoms with Crippen LogP contribution < -0.4 is 0 Å². The Bertz CT molecular complexity index is 301. The van der Waals surface area contributed by atoms with Gasteiger partial charge in [-0.2, -0.15) is 0 Å². The van der Waals surface area contributed by atoms with Crippen molar-refractivity contribution in [3.8, 4) is 0 Å². The molecule has 2 unspecified atom stereocenters. The van der Waals surface area contributed by atoms with Gasteiger partial charge in [-0.15, -0.1) is 0 Å². The van der Waals surface area contributed by atoms with Crippen molar-refractivity contribution in [2.75, 3.05) is 13.6 Å². The van der Waals surface area contributed by atoms with Gasteiger partial charge in [-0.3, -0.25) is 0 Å². The minimum absolute atomic E-state index is 0.441. The molecule has 0 spiro atoms. The third kappa shape index (κ3) is 1.69. The van der Waals surface area contributed by atoms with Crippen LogP contribution in [-0.2, 0) is 5.60 Å². The Balaban J connectivity index is 2.18. The van der Waals surface area contributed by atoms with E-state index in [1.54, 1.807) is 6.20 Å². The third-order valence-corrected chi connectivity index (χ3v) is 4.10. The lowest BCUT2D eigenvalue weighted by molar-refractivity contribution is -0.0380. The smallest absolute Gasteiger partial charge is 0.103 e. The molecule has 3 nitrogen and oxygen atoms in total. The van der Waals surface area contributed by atoms with Crippen LogP contribution in [0, 0.1) is 0 Å². The van der Waals surface area contributed by atoms with Gasteiger partial charge < -0.3 is 10.0 Å². The monoisotopic (exact) mass is 212 g/mol. The van der Waals surface area contributed by atoms with Gasteiger partial charge in [0.25, 0.3) is 0 Å². The van der Waals surface area contributed by atoms with Crippen molar-refractivity contribution in [3.63, 3.8) is 0 Å². The fourth-order valence-corrected chi connectivity index (χ4v) is 2.72. The van der Waals surface area contributed by atoms with Crippen molar-refractivity contribution in [2.45, 2.75) is 31.4 Å². The van der Waals surface area contributed by atoms with E-state index >= 15 is 0 Å². The van der Waals surface area contributed by atoms with Crippen LogP contribution in [0.5, 0.6) is 0 Å². The van der Waals surface area contributed by atoms with E-state index in [2.05, 4.69) is 23.2 Å². The minimum Gasteiger partial charge on any atom is -0.384 e. The number of hydrogen-bond donors (Lipinski definition) is 1. The van der Waals surface area contributed by atoms with Crippen molar-refractivity contribution in [1.29, 1.82) is 0 Å². The number of aliphatic hydroxyl groups is 1. The molecular weight excluding hydrogens is 196 g/mol. The SMILES string of the molecule is CC1CC(O)(c2ccns2)CCN1C.